The van der Waals surface area contributed by atoms with E-state index in [4.69, 9.17) is 18.9 Å². The van der Waals surface area contributed by atoms with Crippen LogP contribution in [0.2, 0.25) is 0 Å². The number of para-hydroxylation sites is 1. The molecule has 0 saturated heterocycles. The fourth-order valence-corrected chi connectivity index (χ4v) is 5.04. The second kappa shape index (κ2) is 11.3. The van der Waals surface area contributed by atoms with Gasteiger partial charge in [-0.05, 0) is 43.7 Å². The van der Waals surface area contributed by atoms with Crippen molar-refractivity contribution < 1.29 is 23.7 Å². The summed E-state index contributed by atoms with van der Waals surface area (Å²) in [6.45, 7) is 4.28. The number of benzene rings is 1. The number of fused-ring (bicyclic) bond motifs is 1. The van der Waals surface area contributed by atoms with E-state index in [1.807, 2.05) is 25.1 Å². The molecule has 0 aliphatic carbocycles. The Kier molecular flexibility index (Phi) is 7.97. The molecule has 1 atom stereocenters. The van der Waals surface area contributed by atoms with Crippen molar-refractivity contribution in [2.24, 2.45) is 4.99 Å². The highest BCUT2D eigenvalue weighted by Crippen LogP contribution is 2.40. The first kappa shape index (κ1) is 25.3. The summed E-state index contributed by atoms with van der Waals surface area (Å²) >= 11 is 1.25. The van der Waals surface area contributed by atoms with Crippen LogP contribution < -0.4 is 24.4 Å². The Morgan fingerprint density at radius 1 is 1.17 bits per heavy atom. The maximum atomic E-state index is 13.8. The molecule has 10 heteroatoms. The molecule has 1 aromatic carbocycles. The molecule has 0 bridgehead atoms. The summed E-state index contributed by atoms with van der Waals surface area (Å²) in [5, 5.41) is 0. The maximum Gasteiger partial charge on any atom is 0.338 e. The fourth-order valence-electron chi connectivity index (χ4n) is 3.99. The molecule has 188 valence electrons. The molecule has 0 fully saturated rings. The minimum atomic E-state index is -0.826. The summed E-state index contributed by atoms with van der Waals surface area (Å²) in [6.07, 6.45) is 5.11. The van der Waals surface area contributed by atoms with E-state index in [-0.39, 0.29) is 24.3 Å². The van der Waals surface area contributed by atoms with E-state index in [1.165, 1.54) is 23.0 Å². The Morgan fingerprint density at radius 3 is 2.64 bits per heavy atom. The SMILES string of the molecule is CCOc1c(OC)cccc1[C@H]1C(C(=O)OCCOC)=C(C)N=c2s/c(=C/c3ccncc3)c(=O)n21. The number of hydrogen-bond donors (Lipinski definition) is 0. The van der Waals surface area contributed by atoms with E-state index in [0.717, 1.165) is 5.56 Å². The van der Waals surface area contributed by atoms with Crippen LogP contribution in [-0.2, 0) is 14.3 Å². The molecule has 9 nitrogen and oxygen atoms in total. The Balaban J connectivity index is 1.97. The molecule has 4 rings (SSSR count). The van der Waals surface area contributed by atoms with Gasteiger partial charge < -0.3 is 18.9 Å². The van der Waals surface area contributed by atoms with Crippen molar-refractivity contribution in [3.63, 3.8) is 0 Å². The summed E-state index contributed by atoms with van der Waals surface area (Å²) in [5.74, 6) is 0.370. The van der Waals surface area contributed by atoms with Crippen LogP contribution in [0.25, 0.3) is 6.08 Å². The summed E-state index contributed by atoms with van der Waals surface area (Å²) in [6, 6.07) is 8.19. The normalized spacial score (nSPS) is 15.3. The van der Waals surface area contributed by atoms with Crippen molar-refractivity contribution >= 4 is 23.4 Å². The number of carbonyl (C=O) groups excluding carboxylic acids is 1. The van der Waals surface area contributed by atoms with Gasteiger partial charge >= 0.3 is 5.97 Å². The van der Waals surface area contributed by atoms with Crippen LogP contribution in [0.5, 0.6) is 11.5 Å². The summed E-state index contributed by atoms with van der Waals surface area (Å²) in [5.41, 5.74) is 1.87. The number of rotatable bonds is 9. The first-order valence-electron chi connectivity index (χ1n) is 11.4. The zero-order valence-electron chi connectivity index (χ0n) is 20.5. The summed E-state index contributed by atoms with van der Waals surface area (Å²) in [7, 11) is 3.07. The number of pyridine rings is 1. The lowest BCUT2D eigenvalue weighted by Crippen LogP contribution is -2.40. The Bertz CT molecular complexity index is 1460. The lowest BCUT2D eigenvalue weighted by atomic mass is 9.94. The number of ether oxygens (including phenoxy) is 4. The molecule has 0 unspecified atom stereocenters. The van der Waals surface area contributed by atoms with Gasteiger partial charge in [0.05, 0.1) is 36.1 Å². The number of methoxy groups -OCH3 is 2. The zero-order chi connectivity index (χ0) is 25.7. The average molecular weight is 510 g/mol. The smallest absolute Gasteiger partial charge is 0.338 e. The Labute approximate surface area is 212 Å². The third kappa shape index (κ3) is 4.95. The van der Waals surface area contributed by atoms with Crippen LogP contribution in [0, 0.1) is 0 Å². The van der Waals surface area contributed by atoms with Crippen molar-refractivity contribution in [2.45, 2.75) is 19.9 Å². The molecule has 0 amide bonds. The van der Waals surface area contributed by atoms with Gasteiger partial charge in [-0.15, -0.1) is 0 Å². The van der Waals surface area contributed by atoms with Crippen LogP contribution in [0.3, 0.4) is 0 Å². The van der Waals surface area contributed by atoms with Gasteiger partial charge in [-0.3, -0.25) is 14.3 Å². The van der Waals surface area contributed by atoms with Crippen LogP contribution in [0.15, 0.2) is 63.8 Å². The first-order chi connectivity index (χ1) is 17.5. The van der Waals surface area contributed by atoms with Crippen LogP contribution >= 0.6 is 11.3 Å². The summed E-state index contributed by atoms with van der Waals surface area (Å²) in [4.78, 5) is 36.2. The van der Waals surface area contributed by atoms with Crippen molar-refractivity contribution in [1.29, 1.82) is 0 Å². The third-order valence-electron chi connectivity index (χ3n) is 5.58. The van der Waals surface area contributed by atoms with E-state index in [9.17, 15) is 9.59 Å². The minimum Gasteiger partial charge on any atom is -0.493 e. The molecule has 0 saturated carbocycles. The highest BCUT2D eigenvalue weighted by Gasteiger charge is 2.36. The number of esters is 1. The van der Waals surface area contributed by atoms with Crippen molar-refractivity contribution in [3.05, 3.63) is 84.8 Å². The van der Waals surface area contributed by atoms with Gasteiger partial charge in [0.25, 0.3) is 5.56 Å². The molecule has 3 aromatic rings. The van der Waals surface area contributed by atoms with Gasteiger partial charge in [0.15, 0.2) is 16.3 Å². The summed E-state index contributed by atoms with van der Waals surface area (Å²) < 4.78 is 24.0. The minimum absolute atomic E-state index is 0.0712. The van der Waals surface area contributed by atoms with Gasteiger partial charge in [0.2, 0.25) is 0 Å². The van der Waals surface area contributed by atoms with Crippen molar-refractivity contribution in [2.75, 3.05) is 34.0 Å². The topological polar surface area (TPSA) is 101 Å². The van der Waals surface area contributed by atoms with Crippen LogP contribution in [0.1, 0.15) is 31.0 Å². The zero-order valence-corrected chi connectivity index (χ0v) is 21.3. The average Bonchev–Trinajstić information content (AvgIpc) is 3.18. The van der Waals surface area contributed by atoms with E-state index >= 15 is 0 Å². The monoisotopic (exact) mass is 509 g/mol. The third-order valence-corrected chi connectivity index (χ3v) is 6.56. The number of allylic oxidation sites excluding steroid dienone is 1. The van der Waals surface area contributed by atoms with Gasteiger partial charge in [-0.2, -0.15) is 0 Å². The second-order valence-corrected chi connectivity index (χ2v) is 8.81. The van der Waals surface area contributed by atoms with E-state index in [2.05, 4.69) is 9.98 Å². The highest BCUT2D eigenvalue weighted by atomic mass is 32.1. The Hall–Kier alpha value is -3.76. The molecule has 0 spiro atoms. The molecular weight excluding hydrogens is 482 g/mol. The van der Waals surface area contributed by atoms with Crippen LogP contribution in [-0.4, -0.2) is 49.6 Å². The predicted octanol–water partition coefficient (Wildman–Crippen LogP) is 2.23. The largest absolute Gasteiger partial charge is 0.493 e. The number of thiazole rings is 1. The van der Waals surface area contributed by atoms with Crippen LogP contribution in [0.4, 0.5) is 0 Å². The number of aromatic nitrogens is 2. The molecule has 3 heterocycles. The molecule has 2 aromatic heterocycles. The van der Waals surface area contributed by atoms with Gasteiger partial charge in [-0.1, -0.05) is 23.5 Å². The highest BCUT2D eigenvalue weighted by molar-refractivity contribution is 7.07. The second-order valence-electron chi connectivity index (χ2n) is 7.80. The quantitative estimate of drug-likeness (QED) is 0.322. The molecule has 36 heavy (non-hydrogen) atoms. The van der Waals surface area contributed by atoms with E-state index < -0.39 is 12.0 Å². The first-order valence-corrected chi connectivity index (χ1v) is 12.2. The van der Waals surface area contributed by atoms with Crippen molar-refractivity contribution in [3.8, 4) is 11.5 Å². The number of nitrogens with zero attached hydrogens (tertiary/aromatic N) is 3. The standard InChI is InChI=1S/C26H27N3O6S/c1-5-34-23-18(7-6-8-19(23)33-4)22-21(25(31)35-14-13-32-3)16(2)28-26-29(22)24(30)20(36-26)15-17-9-11-27-12-10-17/h6-12,15,22H,5,13-14H2,1-4H3/b20-15+/t22-/m0/s1. The van der Waals surface area contributed by atoms with Crippen molar-refractivity contribution in [1.82, 2.24) is 9.55 Å². The Morgan fingerprint density at radius 2 is 1.94 bits per heavy atom. The lowest BCUT2D eigenvalue weighted by molar-refractivity contribution is -0.140. The number of carbonyl (C=O) groups is 1. The number of hydrogen-bond acceptors (Lipinski definition) is 9. The molecule has 1 aliphatic heterocycles. The van der Waals surface area contributed by atoms with Gasteiger partial charge in [-0.25, -0.2) is 9.79 Å². The van der Waals surface area contributed by atoms with E-state index in [0.29, 0.717) is 38.7 Å². The van der Waals surface area contributed by atoms with E-state index in [1.54, 1.807) is 44.6 Å². The molecule has 0 N–H and O–H groups in total. The molecule has 0 radical (unpaired) electrons. The molecule has 1 aliphatic rings. The van der Waals surface area contributed by atoms with Gasteiger partial charge in [0, 0.05) is 25.1 Å². The maximum absolute atomic E-state index is 13.8. The molecular formula is C26H27N3O6S. The predicted molar refractivity (Wildman–Crippen MR) is 135 cm³/mol. The van der Waals surface area contributed by atoms with Gasteiger partial charge in [0.1, 0.15) is 12.6 Å². The fraction of sp³-hybridized carbons (Fsp3) is 0.308. The lowest BCUT2D eigenvalue weighted by Gasteiger charge is -2.27.